The molecule has 0 atom stereocenters. The molecule has 0 aliphatic rings. The molecule has 4 N–H and O–H groups in total. The quantitative estimate of drug-likeness (QED) is 0.351. The minimum absolute atomic E-state index is 0.0193. The van der Waals surface area contributed by atoms with Crippen molar-refractivity contribution in [1.82, 2.24) is 5.32 Å². The van der Waals surface area contributed by atoms with Crippen LogP contribution in [0.2, 0.25) is 0 Å². The van der Waals surface area contributed by atoms with E-state index in [0.29, 0.717) is 17.7 Å². The van der Waals surface area contributed by atoms with Crippen molar-refractivity contribution in [2.75, 3.05) is 0 Å². The van der Waals surface area contributed by atoms with E-state index in [2.05, 4.69) is 30.4 Å². The molecule has 110 valence electrons. The van der Waals surface area contributed by atoms with Crippen molar-refractivity contribution in [3.8, 4) is 0 Å². The number of aryl methyl sites for hydroxylation is 2. The van der Waals surface area contributed by atoms with E-state index in [-0.39, 0.29) is 11.7 Å². The molecule has 1 aromatic heterocycles. The molecule has 21 heavy (non-hydrogen) atoms. The molecule has 2 rings (SSSR count). The molecule has 0 fully saturated rings. The van der Waals surface area contributed by atoms with Gasteiger partial charge in [-0.05, 0) is 37.6 Å². The molecule has 0 bridgehead atoms. The number of thiophene rings is 1. The highest BCUT2D eigenvalue weighted by Crippen LogP contribution is 2.20. The predicted octanol–water partition coefficient (Wildman–Crippen LogP) is 2.39. The Kier molecular flexibility index (Phi) is 4.59. The third-order valence-electron chi connectivity index (χ3n) is 3.17. The Morgan fingerprint density at radius 3 is 2.67 bits per heavy atom. The molecule has 0 unspecified atom stereocenters. The fraction of sp³-hybridized carbons (Fsp3) is 0.200. The number of amides is 1. The summed E-state index contributed by atoms with van der Waals surface area (Å²) in [5.41, 5.74) is 7.74. The zero-order valence-electron chi connectivity index (χ0n) is 11.9. The highest BCUT2D eigenvalue weighted by atomic mass is 32.1. The Bertz CT molecular complexity index is 672. The molecular weight excluding hydrogens is 286 g/mol. The van der Waals surface area contributed by atoms with E-state index in [1.54, 1.807) is 35.6 Å². The summed E-state index contributed by atoms with van der Waals surface area (Å²) in [6, 6.07) is 8.73. The first-order valence-corrected chi connectivity index (χ1v) is 7.25. The van der Waals surface area contributed by atoms with E-state index in [1.807, 2.05) is 0 Å². The number of rotatable bonds is 4. The van der Waals surface area contributed by atoms with Gasteiger partial charge in [0.2, 0.25) is 0 Å². The largest absolute Gasteiger partial charge is 0.409 e. The van der Waals surface area contributed by atoms with Gasteiger partial charge in [-0.1, -0.05) is 17.3 Å². The summed E-state index contributed by atoms with van der Waals surface area (Å²) >= 11 is 1.68. The van der Waals surface area contributed by atoms with Gasteiger partial charge in [-0.3, -0.25) is 4.79 Å². The summed E-state index contributed by atoms with van der Waals surface area (Å²) in [6.45, 7) is 4.61. The molecule has 0 aliphatic carbocycles. The maximum absolute atomic E-state index is 12.1. The van der Waals surface area contributed by atoms with Crippen molar-refractivity contribution < 1.29 is 10.0 Å². The number of hydrogen-bond acceptors (Lipinski definition) is 4. The van der Waals surface area contributed by atoms with Crippen LogP contribution in [-0.2, 0) is 6.54 Å². The third-order valence-corrected chi connectivity index (χ3v) is 4.32. The summed E-state index contributed by atoms with van der Waals surface area (Å²) in [5.74, 6) is -0.208. The fourth-order valence-corrected chi connectivity index (χ4v) is 2.88. The van der Waals surface area contributed by atoms with E-state index in [9.17, 15) is 4.79 Å². The topological polar surface area (TPSA) is 87.7 Å². The normalized spacial score (nSPS) is 11.4. The molecule has 0 aliphatic heterocycles. The Morgan fingerprint density at radius 1 is 1.33 bits per heavy atom. The first-order valence-electron chi connectivity index (χ1n) is 6.43. The smallest absolute Gasteiger partial charge is 0.251 e. The number of carbonyl (C=O) groups is 1. The Morgan fingerprint density at radius 2 is 2.05 bits per heavy atom. The van der Waals surface area contributed by atoms with Crippen LogP contribution in [0.4, 0.5) is 0 Å². The molecule has 1 aromatic carbocycles. The van der Waals surface area contributed by atoms with Crippen LogP contribution in [-0.4, -0.2) is 17.0 Å². The number of hydrogen-bond donors (Lipinski definition) is 3. The molecule has 1 heterocycles. The summed E-state index contributed by atoms with van der Waals surface area (Å²) in [7, 11) is 0. The number of nitrogens with zero attached hydrogens (tertiary/aromatic N) is 1. The van der Waals surface area contributed by atoms with Crippen LogP contribution in [0.5, 0.6) is 0 Å². The van der Waals surface area contributed by atoms with Crippen LogP contribution in [0, 0.1) is 13.8 Å². The number of nitrogens with two attached hydrogens (primary N) is 1. The van der Waals surface area contributed by atoms with E-state index >= 15 is 0 Å². The third kappa shape index (κ3) is 3.61. The zero-order chi connectivity index (χ0) is 15.4. The van der Waals surface area contributed by atoms with Crippen molar-refractivity contribution in [3.05, 3.63) is 56.8 Å². The van der Waals surface area contributed by atoms with Gasteiger partial charge in [0.05, 0.1) is 6.54 Å². The SMILES string of the molecule is Cc1cc(CNC(=O)c2cccc(C(N)=NO)c2)sc1C. The molecule has 0 spiro atoms. The van der Waals surface area contributed by atoms with Gasteiger partial charge in [0.25, 0.3) is 5.91 Å². The average molecular weight is 303 g/mol. The van der Waals surface area contributed by atoms with Crippen molar-refractivity contribution in [1.29, 1.82) is 0 Å². The lowest BCUT2D eigenvalue weighted by Crippen LogP contribution is -2.23. The van der Waals surface area contributed by atoms with Crippen LogP contribution in [0.1, 0.15) is 31.2 Å². The molecule has 1 amide bonds. The van der Waals surface area contributed by atoms with Gasteiger partial charge in [-0.25, -0.2) is 0 Å². The molecular formula is C15H17N3O2S. The van der Waals surface area contributed by atoms with E-state index < -0.39 is 0 Å². The summed E-state index contributed by atoms with van der Waals surface area (Å²) in [4.78, 5) is 14.5. The average Bonchev–Trinajstić information content (AvgIpc) is 2.82. The highest BCUT2D eigenvalue weighted by Gasteiger charge is 2.09. The minimum Gasteiger partial charge on any atom is -0.409 e. The summed E-state index contributed by atoms with van der Waals surface area (Å²) in [6.07, 6.45) is 0. The second kappa shape index (κ2) is 6.41. The number of benzene rings is 1. The highest BCUT2D eigenvalue weighted by molar-refractivity contribution is 7.12. The Labute approximate surface area is 127 Å². The summed E-state index contributed by atoms with van der Waals surface area (Å²) in [5, 5.41) is 14.5. The van der Waals surface area contributed by atoms with Crippen molar-refractivity contribution in [3.63, 3.8) is 0 Å². The van der Waals surface area contributed by atoms with Crippen molar-refractivity contribution in [2.45, 2.75) is 20.4 Å². The summed E-state index contributed by atoms with van der Waals surface area (Å²) < 4.78 is 0. The van der Waals surface area contributed by atoms with Crippen LogP contribution in [0.3, 0.4) is 0 Å². The van der Waals surface area contributed by atoms with Gasteiger partial charge in [-0.2, -0.15) is 0 Å². The van der Waals surface area contributed by atoms with E-state index in [1.165, 1.54) is 10.4 Å². The fourth-order valence-electron chi connectivity index (χ4n) is 1.88. The monoisotopic (exact) mass is 303 g/mol. The number of nitrogens with one attached hydrogen (secondary N) is 1. The van der Waals surface area contributed by atoms with Crippen LogP contribution >= 0.6 is 11.3 Å². The zero-order valence-corrected chi connectivity index (χ0v) is 12.7. The maximum atomic E-state index is 12.1. The standard InChI is InChI=1S/C15H17N3O2S/c1-9-6-13(21-10(9)2)8-17-15(19)12-5-3-4-11(7-12)14(16)18-20/h3-7,20H,8H2,1-2H3,(H2,16,18)(H,17,19). The molecule has 0 saturated heterocycles. The molecule has 6 heteroatoms. The molecule has 0 saturated carbocycles. The second-order valence-corrected chi connectivity index (χ2v) is 6.04. The first kappa shape index (κ1) is 15.1. The van der Waals surface area contributed by atoms with Crippen LogP contribution in [0.15, 0.2) is 35.5 Å². The molecule has 5 nitrogen and oxygen atoms in total. The number of oxime groups is 1. The van der Waals surface area contributed by atoms with Gasteiger partial charge in [0, 0.05) is 20.9 Å². The predicted molar refractivity (Wildman–Crippen MR) is 83.9 cm³/mol. The lowest BCUT2D eigenvalue weighted by Gasteiger charge is -2.05. The van der Waals surface area contributed by atoms with Crippen molar-refractivity contribution >= 4 is 23.1 Å². The Hall–Kier alpha value is -2.34. The molecule has 2 aromatic rings. The van der Waals surface area contributed by atoms with E-state index in [0.717, 1.165) is 4.88 Å². The Balaban J connectivity index is 2.06. The van der Waals surface area contributed by atoms with Crippen LogP contribution < -0.4 is 11.1 Å². The van der Waals surface area contributed by atoms with Crippen molar-refractivity contribution in [2.24, 2.45) is 10.9 Å². The second-order valence-electron chi connectivity index (χ2n) is 4.70. The van der Waals surface area contributed by atoms with E-state index in [4.69, 9.17) is 10.9 Å². The number of carbonyl (C=O) groups excluding carboxylic acids is 1. The van der Waals surface area contributed by atoms with Gasteiger partial charge >= 0.3 is 0 Å². The lowest BCUT2D eigenvalue weighted by atomic mass is 10.1. The molecule has 0 radical (unpaired) electrons. The van der Waals surface area contributed by atoms with Gasteiger partial charge < -0.3 is 16.3 Å². The van der Waals surface area contributed by atoms with Gasteiger partial charge in [0.1, 0.15) is 0 Å². The maximum Gasteiger partial charge on any atom is 0.251 e. The minimum atomic E-state index is -0.189. The van der Waals surface area contributed by atoms with Gasteiger partial charge in [0.15, 0.2) is 5.84 Å². The number of amidine groups is 1. The lowest BCUT2D eigenvalue weighted by molar-refractivity contribution is 0.0951. The first-order chi connectivity index (χ1) is 10.0. The van der Waals surface area contributed by atoms with Gasteiger partial charge in [-0.15, -0.1) is 11.3 Å². The van der Waals surface area contributed by atoms with Crippen LogP contribution in [0.25, 0.3) is 0 Å².